The number of amides is 1. The SMILES string of the molecule is Cc1c(-c2nc(N)ncc2Br)[nH]c(-c2ccccc2)c1C(N)=O. The average molecular weight is 372 g/mol. The van der Waals surface area contributed by atoms with Crippen molar-refractivity contribution in [3.05, 3.63) is 52.1 Å². The number of nitrogens with two attached hydrogens (primary N) is 2. The standard InChI is InChI=1S/C16H14BrN5O/c1-8-11(15(18)23)13(9-5-3-2-4-6-9)21-12(8)14-10(17)7-20-16(19)22-14/h2-7,21H,1H3,(H2,18,23)(H2,19,20,22). The number of halogens is 1. The number of aromatic amines is 1. The van der Waals surface area contributed by atoms with Crippen LogP contribution in [0, 0.1) is 6.92 Å². The first kappa shape index (κ1) is 15.2. The predicted molar refractivity (Wildman–Crippen MR) is 92.6 cm³/mol. The van der Waals surface area contributed by atoms with Crippen molar-refractivity contribution in [2.75, 3.05) is 5.73 Å². The lowest BCUT2D eigenvalue weighted by Crippen LogP contribution is -2.12. The molecule has 0 aliphatic rings. The second-order valence-electron chi connectivity index (χ2n) is 5.03. The molecule has 0 radical (unpaired) electrons. The molecule has 0 aliphatic carbocycles. The summed E-state index contributed by atoms with van der Waals surface area (Å²) < 4.78 is 0.673. The Labute approximate surface area is 141 Å². The fraction of sp³-hybridized carbons (Fsp3) is 0.0625. The lowest BCUT2D eigenvalue weighted by molar-refractivity contribution is 0.100. The van der Waals surface area contributed by atoms with Crippen LogP contribution in [0.3, 0.4) is 0 Å². The summed E-state index contributed by atoms with van der Waals surface area (Å²) in [5.74, 6) is -0.346. The normalized spacial score (nSPS) is 10.7. The number of anilines is 1. The van der Waals surface area contributed by atoms with Gasteiger partial charge in [0, 0.05) is 6.20 Å². The predicted octanol–water partition coefficient (Wildman–Crippen LogP) is 2.89. The Kier molecular flexibility index (Phi) is 3.87. The molecule has 0 unspecified atom stereocenters. The molecular weight excluding hydrogens is 358 g/mol. The molecule has 5 N–H and O–H groups in total. The summed E-state index contributed by atoms with van der Waals surface area (Å²) >= 11 is 3.41. The molecular formula is C16H14BrN5O. The Hall–Kier alpha value is -2.67. The number of nitrogens with one attached hydrogen (secondary N) is 1. The minimum atomic E-state index is -0.498. The average Bonchev–Trinajstić information content (AvgIpc) is 2.88. The lowest BCUT2D eigenvalue weighted by atomic mass is 10.0. The van der Waals surface area contributed by atoms with E-state index < -0.39 is 5.91 Å². The molecule has 0 fully saturated rings. The van der Waals surface area contributed by atoms with Gasteiger partial charge in [0.15, 0.2) is 0 Å². The molecule has 23 heavy (non-hydrogen) atoms. The molecule has 2 aromatic heterocycles. The van der Waals surface area contributed by atoms with Gasteiger partial charge in [-0.25, -0.2) is 9.97 Å². The van der Waals surface area contributed by atoms with Gasteiger partial charge in [-0.15, -0.1) is 0 Å². The quantitative estimate of drug-likeness (QED) is 0.656. The molecule has 116 valence electrons. The van der Waals surface area contributed by atoms with E-state index in [-0.39, 0.29) is 5.95 Å². The number of H-pyrrole nitrogens is 1. The van der Waals surface area contributed by atoms with Gasteiger partial charge < -0.3 is 16.5 Å². The Morgan fingerprint density at radius 3 is 2.57 bits per heavy atom. The Bertz CT molecular complexity index is 889. The fourth-order valence-electron chi connectivity index (χ4n) is 2.52. The number of carbonyl (C=O) groups is 1. The van der Waals surface area contributed by atoms with Crippen molar-refractivity contribution >= 4 is 27.8 Å². The summed E-state index contributed by atoms with van der Waals surface area (Å²) in [4.78, 5) is 23.4. The van der Waals surface area contributed by atoms with Gasteiger partial charge in [-0.1, -0.05) is 30.3 Å². The zero-order valence-corrected chi connectivity index (χ0v) is 13.9. The third kappa shape index (κ3) is 2.70. The molecule has 0 bridgehead atoms. The van der Waals surface area contributed by atoms with Crippen LogP contribution in [0.2, 0.25) is 0 Å². The summed E-state index contributed by atoms with van der Waals surface area (Å²) in [6.07, 6.45) is 1.57. The molecule has 0 saturated heterocycles. The number of hydrogen-bond donors (Lipinski definition) is 3. The smallest absolute Gasteiger partial charge is 0.251 e. The van der Waals surface area contributed by atoms with Crippen LogP contribution in [0.1, 0.15) is 15.9 Å². The highest BCUT2D eigenvalue weighted by Crippen LogP contribution is 2.35. The van der Waals surface area contributed by atoms with Gasteiger partial charge in [-0.2, -0.15) is 0 Å². The van der Waals surface area contributed by atoms with E-state index in [2.05, 4.69) is 30.9 Å². The minimum absolute atomic E-state index is 0.152. The summed E-state index contributed by atoms with van der Waals surface area (Å²) in [6.45, 7) is 1.82. The number of nitrogen functional groups attached to an aromatic ring is 1. The number of hydrogen-bond acceptors (Lipinski definition) is 4. The fourth-order valence-corrected chi connectivity index (χ4v) is 2.91. The van der Waals surface area contributed by atoms with E-state index >= 15 is 0 Å². The van der Waals surface area contributed by atoms with E-state index in [1.54, 1.807) is 6.20 Å². The largest absolute Gasteiger partial charge is 0.368 e. The maximum Gasteiger partial charge on any atom is 0.251 e. The summed E-state index contributed by atoms with van der Waals surface area (Å²) in [5, 5.41) is 0. The van der Waals surface area contributed by atoms with Crippen molar-refractivity contribution < 1.29 is 4.79 Å². The van der Waals surface area contributed by atoms with Crippen LogP contribution in [0.15, 0.2) is 41.0 Å². The van der Waals surface area contributed by atoms with Crippen LogP contribution in [0.5, 0.6) is 0 Å². The first-order valence-electron chi connectivity index (χ1n) is 6.85. The number of primary amides is 1. The van der Waals surface area contributed by atoms with Gasteiger partial charge in [0.05, 0.1) is 21.4 Å². The van der Waals surface area contributed by atoms with Gasteiger partial charge in [0.1, 0.15) is 5.69 Å². The number of benzene rings is 1. The third-order valence-corrected chi connectivity index (χ3v) is 4.14. The molecule has 0 spiro atoms. The highest BCUT2D eigenvalue weighted by molar-refractivity contribution is 9.10. The summed E-state index contributed by atoms with van der Waals surface area (Å²) in [5.41, 5.74) is 15.2. The maximum atomic E-state index is 11.9. The van der Waals surface area contributed by atoms with E-state index in [0.717, 1.165) is 11.1 Å². The van der Waals surface area contributed by atoms with Crippen LogP contribution >= 0.6 is 15.9 Å². The molecule has 3 rings (SSSR count). The van der Waals surface area contributed by atoms with Crippen molar-refractivity contribution in [1.82, 2.24) is 15.0 Å². The van der Waals surface area contributed by atoms with E-state index in [9.17, 15) is 4.79 Å². The van der Waals surface area contributed by atoms with Crippen LogP contribution < -0.4 is 11.5 Å². The molecule has 7 heteroatoms. The first-order chi connectivity index (χ1) is 11.0. The maximum absolute atomic E-state index is 11.9. The number of carbonyl (C=O) groups excluding carboxylic acids is 1. The second-order valence-corrected chi connectivity index (χ2v) is 5.88. The number of nitrogens with zero attached hydrogens (tertiary/aromatic N) is 2. The van der Waals surface area contributed by atoms with Gasteiger partial charge in [-0.3, -0.25) is 4.79 Å². The summed E-state index contributed by atoms with van der Waals surface area (Å²) in [7, 11) is 0. The molecule has 6 nitrogen and oxygen atoms in total. The molecule has 2 heterocycles. The van der Waals surface area contributed by atoms with Crippen molar-refractivity contribution in [1.29, 1.82) is 0 Å². The zero-order chi connectivity index (χ0) is 16.6. The van der Waals surface area contributed by atoms with E-state index in [4.69, 9.17) is 11.5 Å². The summed E-state index contributed by atoms with van der Waals surface area (Å²) in [6, 6.07) is 9.52. The second kappa shape index (κ2) is 5.85. The molecule has 1 aromatic carbocycles. The van der Waals surface area contributed by atoms with Gasteiger partial charge in [0.25, 0.3) is 5.91 Å². The Morgan fingerprint density at radius 1 is 1.22 bits per heavy atom. The van der Waals surface area contributed by atoms with Crippen LogP contribution in [0.25, 0.3) is 22.6 Å². The molecule has 0 aliphatic heterocycles. The van der Waals surface area contributed by atoms with E-state index in [0.29, 0.717) is 27.1 Å². The first-order valence-corrected chi connectivity index (χ1v) is 7.64. The highest BCUT2D eigenvalue weighted by Gasteiger charge is 2.22. The van der Waals surface area contributed by atoms with Crippen LogP contribution in [-0.2, 0) is 0 Å². The number of rotatable bonds is 3. The molecule has 0 atom stereocenters. The Balaban J connectivity index is 2.28. The lowest BCUT2D eigenvalue weighted by Gasteiger charge is -2.03. The Morgan fingerprint density at radius 2 is 1.91 bits per heavy atom. The van der Waals surface area contributed by atoms with Crippen LogP contribution in [0.4, 0.5) is 5.95 Å². The topological polar surface area (TPSA) is 111 Å². The monoisotopic (exact) mass is 371 g/mol. The molecule has 3 aromatic rings. The van der Waals surface area contributed by atoms with Crippen molar-refractivity contribution in [2.45, 2.75) is 6.92 Å². The van der Waals surface area contributed by atoms with Gasteiger partial charge in [0.2, 0.25) is 5.95 Å². The van der Waals surface area contributed by atoms with Crippen molar-refractivity contribution in [3.63, 3.8) is 0 Å². The van der Waals surface area contributed by atoms with Crippen molar-refractivity contribution in [2.24, 2.45) is 5.73 Å². The minimum Gasteiger partial charge on any atom is -0.368 e. The van der Waals surface area contributed by atoms with Gasteiger partial charge >= 0.3 is 0 Å². The molecule has 1 amide bonds. The highest BCUT2D eigenvalue weighted by atomic mass is 79.9. The zero-order valence-electron chi connectivity index (χ0n) is 12.3. The number of aromatic nitrogens is 3. The van der Waals surface area contributed by atoms with E-state index in [1.165, 1.54) is 0 Å². The van der Waals surface area contributed by atoms with Crippen LogP contribution in [-0.4, -0.2) is 20.9 Å². The van der Waals surface area contributed by atoms with Gasteiger partial charge in [-0.05, 0) is 34.0 Å². The molecule has 0 saturated carbocycles. The third-order valence-electron chi connectivity index (χ3n) is 3.56. The van der Waals surface area contributed by atoms with E-state index in [1.807, 2.05) is 37.3 Å². The van der Waals surface area contributed by atoms with Crippen molar-refractivity contribution in [3.8, 4) is 22.6 Å².